The smallest absolute Gasteiger partial charge is 0.225 e. The summed E-state index contributed by atoms with van der Waals surface area (Å²) in [5.74, 6) is 1.06. The number of anilines is 2. The Bertz CT molecular complexity index is 737. The van der Waals surface area contributed by atoms with Gasteiger partial charge in [0.25, 0.3) is 0 Å². The minimum atomic E-state index is 0.0767. The highest BCUT2D eigenvalue weighted by atomic mass is 16.1. The van der Waals surface area contributed by atoms with Gasteiger partial charge >= 0.3 is 0 Å². The Hall–Kier alpha value is -2.70. The zero-order valence-electron chi connectivity index (χ0n) is 15.5. The number of aromatic nitrogens is 3. The molecule has 0 aliphatic carbocycles. The number of carbonyl (C=O) groups excluding carboxylic acids is 1. The summed E-state index contributed by atoms with van der Waals surface area (Å²) in [4.78, 5) is 30.0. The van der Waals surface area contributed by atoms with E-state index >= 15 is 0 Å². The number of nitrogens with zero attached hydrogens (tertiary/aromatic N) is 5. The van der Waals surface area contributed by atoms with Crippen LogP contribution < -0.4 is 15.1 Å². The van der Waals surface area contributed by atoms with Crippen LogP contribution in [0.5, 0.6) is 0 Å². The second-order valence-electron chi connectivity index (χ2n) is 7.27. The van der Waals surface area contributed by atoms with Gasteiger partial charge in [-0.1, -0.05) is 0 Å². The van der Waals surface area contributed by atoms with Crippen molar-refractivity contribution in [2.45, 2.75) is 32.2 Å². The molecule has 2 fully saturated rings. The lowest BCUT2D eigenvalue weighted by Crippen LogP contribution is -2.40. The van der Waals surface area contributed by atoms with Gasteiger partial charge in [-0.2, -0.15) is 0 Å². The molecule has 2 saturated heterocycles. The standard InChI is InChI=1S/C20H26N6O/c27-19(22-13-16-3-7-21-8-4-16)17-5-11-25(12-6-17)18-14-23-20(24-15-18)26-9-1-2-10-26/h3-4,7-8,14-15,17H,1-2,5-6,9-13H2,(H,22,27). The Labute approximate surface area is 159 Å². The normalized spacial score (nSPS) is 17.9. The third kappa shape index (κ3) is 4.35. The topological polar surface area (TPSA) is 74.2 Å². The van der Waals surface area contributed by atoms with Crippen LogP contribution in [-0.2, 0) is 11.3 Å². The summed E-state index contributed by atoms with van der Waals surface area (Å²) in [5.41, 5.74) is 2.12. The molecule has 0 atom stereocenters. The summed E-state index contributed by atoms with van der Waals surface area (Å²) < 4.78 is 0. The van der Waals surface area contributed by atoms with Crippen molar-refractivity contribution >= 4 is 17.5 Å². The molecule has 142 valence electrons. The molecule has 0 bridgehead atoms. The van der Waals surface area contributed by atoms with Gasteiger partial charge < -0.3 is 15.1 Å². The molecule has 7 nitrogen and oxygen atoms in total. The van der Waals surface area contributed by atoms with E-state index in [0.29, 0.717) is 6.54 Å². The lowest BCUT2D eigenvalue weighted by Gasteiger charge is -2.32. The molecule has 0 radical (unpaired) electrons. The average molecular weight is 366 g/mol. The van der Waals surface area contributed by atoms with Gasteiger partial charge in [-0.15, -0.1) is 0 Å². The summed E-state index contributed by atoms with van der Waals surface area (Å²) in [5, 5.41) is 3.05. The van der Waals surface area contributed by atoms with E-state index < -0.39 is 0 Å². The molecule has 1 N–H and O–H groups in total. The second-order valence-corrected chi connectivity index (χ2v) is 7.27. The van der Waals surface area contributed by atoms with E-state index in [1.165, 1.54) is 12.8 Å². The highest BCUT2D eigenvalue weighted by molar-refractivity contribution is 5.79. The largest absolute Gasteiger partial charge is 0.369 e. The van der Waals surface area contributed by atoms with Gasteiger partial charge in [0.15, 0.2) is 0 Å². The first kappa shape index (κ1) is 17.7. The highest BCUT2D eigenvalue weighted by Crippen LogP contribution is 2.24. The zero-order valence-corrected chi connectivity index (χ0v) is 15.5. The third-order valence-electron chi connectivity index (χ3n) is 5.46. The number of nitrogens with one attached hydrogen (secondary N) is 1. The van der Waals surface area contributed by atoms with E-state index in [0.717, 1.165) is 56.2 Å². The summed E-state index contributed by atoms with van der Waals surface area (Å²) >= 11 is 0. The molecule has 4 rings (SSSR count). The summed E-state index contributed by atoms with van der Waals surface area (Å²) in [6.07, 6.45) is 11.5. The van der Waals surface area contributed by atoms with Crippen molar-refractivity contribution < 1.29 is 4.79 Å². The maximum atomic E-state index is 12.4. The lowest BCUT2D eigenvalue weighted by molar-refractivity contribution is -0.125. The number of carbonyl (C=O) groups is 1. The van der Waals surface area contributed by atoms with Crippen molar-refractivity contribution in [2.24, 2.45) is 5.92 Å². The van der Waals surface area contributed by atoms with Gasteiger partial charge in [0.2, 0.25) is 11.9 Å². The van der Waals surface area contributed by atoms with E-state index in [2.05, 4.69) is 30.1 Å². The number of hydrogen-bond donors (Lipinski definition) is 1. The lowest BCUT2D eigenvalue weighted by atomic mass is 9.95. The fourth-order valence-electron chi connectivity index (χ4n) is 3.79. The Balaban J connectivity index is 1.26. The first-order valence-electron chi connectivity index (χ1n) is 9.78. The predicted octanol–water partition coefficient (Wildman–Crippen LogP) is 2.00. The first-order valence-corrected chi connectivity index (χ1v) is 9.78. The Morgan fingerprint density at radius 1 is 1.00 bits per heavy atom. The average Bonchev–Trinajstić information content (AvgIpc) is 3.28. The van der Waals surface area contributed by atoms with Crippen molar-refractivity contribution in [3.05, 3.63) is 42.5 Å². The van der Waals surface area contributed by atoms with Crippen molar-refractivity contribution in [3.8, 4) is 0 Å². The van der Waals surface area contributed by atoms with Crippen LogP contribution in [0.1, 0.15) is 31.2 Å². The van der Waals surface area contributed by atoms with Crippen LogP contribution in [0.25, 0.3) is 0 Å². The molecule has 2 aromatic heterocycles. The second kappa shape index (κ2) is 8.33. The molecule has 0 aromatic carbocycles. The van der Waals surface area contributed by atoms with Gasteiger partial charge in [0.1, 0.15) is 0 Å². The molecule has 27 heavy (non-hydrogen) atoms. The van der Waals surface area contributed by atoms with Gasteiger partial charge in [0, 0.05) is 51.0 Å². The van der Waals surface area contributed by atoms with E-state index in [9.17, 15) is 4.79 Å². The number of pyridine rings is 1. The van der Waals surface area contributed by atoms with Crippen molar-refractivity contribution in [1.29, 1.82) is 0 Å². The molecule has 2 aromatic rings. The fourth-order valence-corrected chi connectivity index (χ4v) is 3.79. The predicted molar refractivity (Wildman–Crippen MR) is 104 cm³/mol. The minimum Gasteiger partial charge on any atom is -0.369 e. The van der Waals surface area contributed by atoms with E-state index in [-0.39, 0.29) is 11.8 Å². The van der Waals surface area contributed by atoms with Crippen molar-refractivity contribution in [1.82, 2.24) is 20.3 Å². The van der Waals surface area contributed by atoms with Gasteiger partial charge in [0.05, 0.1) is 18.1 Å². The molecule has 2 aliphatic rings. The third-order valence-corrected chi connectivity index (χ3v) is 5.46. The van der Waals surface area contributed by atoms with Crippen LogP contribution in [0.4, 0.5) is 11.6 Å². The Morgan fingerprint density at radius 2 is 1.67 bits per heavy atom. The van der Waals surface area contributed by atoms with Crippen LogP contribution in [0, 0.1) is 5.92 Å². The molecule has 2 aliphatic heterocycles. The number of piperidine rings is 1. The fraction of sp³-hybridized carbons (Fsp3) is 0.500. The first-order chi connectivity index (χ1) is 13.3. The number of amides is 1. The quantitative estimate of drug-likeness (QED) is 0.873. The molecular weight excluding hydrogens is 340 g/mol. The molecular formula is C20H26N6O. The van der Waals surface area contributed by atoms with Crippen LogP contribution in [-0.4, -0.2) is 47.0 Å². The Kier molecular flexibility index (Phi) is 5.46. The maximum Gasteiger partial charge on any atom is 0.225 e. The molecule has 7 heteroatoms. The molecule has 0 unspecified atom stereocenters. The SMILES string of the molecule is O=C(NCc1ccncc1)C1CCN(c2cnc(N3CCCC3)nc2)CC1. The summed E-state index contributed by atoms with van der Waals surface area (Å²) in [6, 6.07) is 3.85. The van der Waals surface area contributed by atoms with E-state index in [4.69, 9.17) is 0 Å². The summed E-state index contributed by atoms with van der Waals surface area (Å²) in [6.45, 7) is 4.39. The van der Waals surface area contributed by atoms with Crippen molar-refractivity contribution in [3.63, 3.8) is 0 Å². The van der Waals surface area contributed by atoms with Crippen LogP contribution >= 0.6 is 0 Å². The van der Waals surface area contributed by atoms with Crippen LogP contribution in [0.3, 0.4) is 0 Å². The monoisotopic (exact) mass is 366 g/mol. The Morgan fingerprint density at radius 3 is 2.33 bits per heavy atom. The highest BCUT2D eigenvalue weighted by Gasteiger charge is 2.25. The number of hydrogen-bond acceptors (Lipinski definition) is 6. The van der Waals surface area contributed by atoms with Crippen molar-refractivity contribution in [2.75, 3.05) is 36.0 Å². The van der Waals surface area contributed by atoms with Gasteiger partial charge in [-0.3, -0.25) is 9.78 Å². The molecule has 0 saturated carbocycles. The van der Waals surface area contributed by atoms with Gasteiger partial charge in [-0.05, 0) is 43.4 Å². The van der Waals surface area contributed by atoms with E-state index in [1.54, 1.807) is 12.4 Å². The molecule has 1 amide bonds. The van der Waals surface area contributed by atoms with Gasteiger partial charge in [-0.25, -0.2) is 9.97 Å². The van der Waals surface area contributed by atoms with E-state index in [1.807, 2.05) is 24.5 Å². The minimum absolute atomic E-state index is 0.0767. The summed E-state index contributed by atoms with van der Waals surface area (Å²) in [7, 11) is 0. The van der Waals surface area contributed by atoms with Crippen LogP contribution in [0.2, 0.25) is 0 Å². The molecule has 0 spiro atoms. The van der Waals surface area contributed by atoms with Crippen LogP contribution in [0.15, 0.2) is 36.9 Å². The number of rotatable bonds is 5. The maximum absolute atomic E-state index is 12.4. The zero-order chi connectivity index (χ0) is 18.5. The molecule has 4 heterocycles.